The number of hydrogen-bond acceptors (Lipinski definition) is 0. The van der Waals surface area contributed by atoms with Gasteiger partial charge in [-0.1, -0.05) is 84.2 Å². The first kappa shape index (κ1) is 21.0. The SMILES string of the molecule is C=CC(=C)/C(=C\C=C/CC)C(=C)C.CC.CC. The summed E-state index contributed by atoms with van der Waals surface area (Å²) < 4.78 is 0. The van der Waals surface area contributed by atoms with E-state index in [1.165, 1.54) is 0 Å². The van der Waals surface area contributed by atoms with Crippen LogP contribution >= 0.6 is 0 Å². The van der Waals surface area contributed by atoms with Crippen LogP contribution in [0.4, 0.5) is 0 Å². The predicted molar refractivity (Wildman–Crippen MR) is 84.4 cm³/mol. The van der Waals surface area contributed by atoms with Crippen LogP contribution in [0.2, 0.25) is 0 Å². The molecule has 0 aliphatic rings. The molecule has 0 rings (SSSR count). The fourth-order valence-electron chi connectivity index (χ4n) is 0.934. The van der Waals surface area contributed by atoms with E-state index in [0.717, 1.165) is 23.1 Å². The number of hydrogen-bond donors (Lipinski definition) is 0. The average Bonchev–Trinajstić information content (AvgIpc) is 2.38. The van der Waals surface area contributed by atoms with Gasteiger partial charge in [-0.25, -0.2) is 0 Å². The molecule has 0 atom stereocenters. The lowest BCUT2D eigenvalue weighted by Gasteiger charge is -2.04. The van der Waals surface area contributed by atoms with Crippen LogP contribution in [-0.2, 0) is 0 Å². The van der Waals surface area contributed by atoms with Crippen LogP contribution in [0.1, 0.15) is 48.0 Å². The molecule has 0 unspecified atom stereocenters. The van der Waals surface area contributed by atoms with Gasteiger partial charge in [0.25, 0.3) is 0 Å². The summed E-state index contributed by atoms with van der Waals surface area (Å²) >= 11 is 0. The van der Waals surface area contributed by atoms with Crippen LogP contribution in [0.25, 0.3) is 0 Å². The molecule has 0 saturated carbocycles. The zero-order valence-electron chi connectivity index (χ0n) is 12.6. The van der Waals surface area contributed by atoms with E-state index in [2.05, 4.69) is 32.7 Å². The number of rotatable bonds is 5. The summed E-state index contributed by atoms with van der Waals surface area (Å²) in [6.07, 6.45) is 8.94. The Kier molecular flexibility index (Phi) is 21.2. The van der Waals surface area contributed by atoms with E-state index in [4.69, 9.17) is 0 Å². The summed E-state index contributed by atoms with van der Waals surface area (Å²) in [6, 6.07) is 0. The topological polar surface area (TPSA) is 0 Å². The van der Waals surface area contributed by atoms with E-state index in [9.17, 15) is 0 Å². The third-order valence-electron chi connectivity index (χ3n) is 1.69. The third-order valence-corrected chi connectivity index (χ3v) is 1.69. The van der Waals surface area contributed by atoms with Gasteiger partial charge in [-0.15, -0.1) is 0 Å². The smallest absolute Gasteiger partial charge is 0.0167 e. The minimum Gasteiger partial charge on any atom is -0.0985 e. The van der Waals surface area contributed by atoms with Crippen molar-refractivity contribution in [1.82, 2.24) is 0 Å². The molecule has 0 aliphatic carbocycles. The highest BCUT2D eigenvalue weighted by atomic mass is 14.0. The summed E-state index contributed by atoms with van der Waals surface area (Å²) in [4.78, 5) is 0. The predicted octanol–water partition coefficient (Wildman–Crippen LogP) is 6.25. The van der Waals surface area contributed by atoms with E-state index in [-0.39, 0.29) is 0 Å². The van der Waals surface area contributed by atoms with Gasteiger partial charge in [0.05, 0.1) is 0 Å². The Bertz CT molecular complexity index is 262. The lowest BCUT2D eigenvalue weighted by Crippen LogP contribution is -1.85. The monoisotopic (exact) mass is 234 g/mol. The van der Waals surface area contributed by atoms with E-state index in [0.29, 0.717) is 0 Å². The molecule has 0 aliphatic heterocycles. The van der Waals surface area contributed by atoms with Gasteiger partial charge in [-0.2, -0.15) is 0 Å². The Morgan fingerprint density at radius 2 is 1.53 bits per heavy atom. The maximum atomic E-state index is 3.89. The summed E-state index contributed by atoms with van der Waals surface area (Å²) in [5.41, 5.74) is 3.01. The van der Waals surface area contributed by atoms with Crippen LogP contribution in [0.3, 0.4) is 0 Å². The molecular formula is C17H30. The highest BCUT2D eigenvalue weighted by Crippen LogP contribution is 2.16. The molecule has 98 valence electrons. The molecule has 0 heterocycles. The molecule has 0 fully saturated rings. The fraction of sp³-hybridized carbons (Fsp3) is 0.412. The molecule has 0 aromatic carbocycles. The second kappa shape index (κ2) is 17.1. The van der Waals surface area contributed by atoms with E-state index < -0.39 is 0 Å². The standard InChI is InChI=1S/C13H18.2C2H6/c1-6-8-9-10-13(11(3)4)12(5)7-2;2*1-2/h7-10H,2-3,5-6H2,1,4H3;2*1-2H3/b9-8-,13-10-;;. The van der Waals surface area contributed by atoms with Crippen LogP contribution in [-0.4, -0.2) is 0 Å². The van der Waals surface area contributed by atoms with Crippen LogP contribution < -0.4 is 0 Å². The van der Waals surface area contributed by atoms with Gasteiger partial charge in [-0.3, -0.25) is 0 Å². The molecule has 0 amide bonds. The van der Waals surface area contributed by atoms with Crippen LogP contribution in [0, 0.1) is 0 Å². The molecule has 0 saturated heterocycles. The van der Waals surface area contributed by atoms with Crippen molar-refractivity contribution in [3.63, 3.8) is 0 Å². The molecule has 0 radical (unpaired) electrons. The zero-order chi connectivity index (χ0) is 14.3. The van der Waals surface area contributed by atoms with Crippen molar-refractivity contribution in [3.8, 4) is 0 Å². The Morgan fingerprint density at radius 3 is 1.82 bits per heavy atom. The lowest BCUT2D eigenvalue weighted by atomic mass is 10.0. The van der Waals surface area contributed by atoms with Crippen molar-refractivity contribution in [1.29, 1.82) is 0 Å². The Morgan fingerprint density at radius 1 is 1.06 bits per heavy atom. The minimum absolute atomic E-state index is 0.924. The van der Waals surface area contributed by atoms with Crippen molar-refractivity contribution in [2.24, 2.45) is 0 Å². The Balaban J connectivity index is -0.000000439. The zero-order valence-corrected chi connectivity index (χ0v) is 12.6. The highest BCUT2D eigenvalue weighted by molar-refractivity contribution is 5.49. The maximum absolute atomic E-state index is 3.89. The van der Waals surface area contributed by atoms with E-state index >= 15 is 0 Å². The first-order valence-electron chi connectivity index (χ1n) is 6.47. The largest absolute Gasteiger partial charge is 0.0985 e. The molecule has 17 heavy (non-hydrogen) atoms. The van der Waals surface area contributed by atoms with Crippen LogP contribution in [0.5, 0.6) is 0 Å². The van der Waals surface area contributed by atoms with Gasteiger partial charge in [0.15, 0.2) is 0 Å². The van der Waals surface area contributed by atoms with Crippen molar-refractivity contribution >= 4 is 0 Å². The van der Waals surface area contributed by atoms with Gasteiger partial charge in [0.2, 0.25) is 0 Å². The number of allylic oxidation sites excluding steroid dienone is 7. The van der Waals surface area contributed by atoms with Crippen molar-refractivity contribution < 1.29 is 0 Å². The van der Waals surface area contributed by atoms with Crippen LogP contribution in [0.15, 0.2) is 60.8 Å². The van der Waals surface area contributed by atoms with Gasteiger partial charge >= 0.3 is 0 Å². The van der Waals surface area contributed by atoms with Gasteiger partial charge in [-0.05, 0) is 24.5 Å². The van der Waals surface area contributed by atoms with Crippen molar-refractivity contribution in [2.75, 3.05) is 0 Å². The lowest BCUT2D eigenvalue weighted by molar-refractivity contribution is 1.22. The molecule has 0 heteroatoms. The highest BCUT2D eigenvalue weighted by Gasteiger charge is 1.97. The molecule has 0 spiro atoms. The molecule has 0 aromatic heterocycles. The first-order valence-corrected chi connectivity index (χ1v) is 6.47. The van der Waals surface area contributed by atoms with Crippen molar-refractivity contribution in [3.05, 3.63) is 60.8 Å². The summed E-state index contributed by atoms with van der Waals surface area (Å²) in [5.74, 6) is 0. The van der Waals surface area contributed by atoms with E-state index in [1.807, 2.05) is 46.8 Å². The normalized spacial score (nSPS) is 9.65. The maximum Gasteiger partial charge on any atom is -0.0167 e. The van der Waals surface area contributed by atoms with Crippen molar-refractivity contribution in [2.45, 2.75) is 48.0 Å². The summed E-state index contributed by atoms with van der Waals surface area (Å²) in [5, 5.41) is 0. The summed E-state index contributed by atoms with van der Waals surface area (Å²) in [6.45, 7) is 23.5. The fourth-order valence-corrected chi connectivity index (χ4v) is 0.934. The summed E-state index contributed by atoms with van der Waals surface area (Å²) in [7, 11) is 0. The Hall–Kier alpha value is -1.30. The molecule has 0 bridgehead atoms. The van der Waals surface area contributed by atoms with Gasteiger partial charge in [0, 0.05) is 0 Å². The van der Waals surface area contributed by atoms with E-state index in [1.54, 1.807) is 6.08 Å². The second-order valence-corrected chi connectivity index (χ2v) is 2.93. The molecular weight excluding hydrogens is 204 g/mol. The van der Waals surface area contributed by atoms with Gasteiger partial charge in [0.1, 0.15) is 0 Å². The molecule has 0 N–H and O–H groups in total. The van der Waals surface area contributed by atoms with Gasteiger partial charge < -0.3 is 0 Å². The quantitative estimate of drug-likeness (QED) is 0.493. The average molecular weight is 234 g/mol. The minimum atomic E-state index is 0.924. The second-order valence-electron chi connectivity index (χ2n) is 2.93. The third kappa shape index (κ3) is 12.6. The first-order chi connectivity index (χ1) is 8.13. The molecule has 0 nitrogen and oxygen atoms in total. The molecule has 0 aromatic rings. The Labute approximate surface area is 109 Å².